The molecule has 1 N–H and O–H groups in total. The van der Waals surface area contributed by atoms with Crippen molar-refractivity contribution in [2.24, 2.45) is 0 Å². The van der Waals surface area contributed by atoms with Crippen LogP contribution in [0.5, 0.6) is 0 Å². The average Bonchev–Trinajstić information content (AvgIpc) is 2.48. The van der Waals surface area contributed by atoms with Crippen LogP contribution in [-0.4, -0.2) is 11.1 Å². The van der Waals surface area contributed by atoms with Gasteiger partial charge in [-0.3, -0.25) is 4.79 Å². The molecule has 0 amide bonds. The zero-order valence-electron chi connectivity index (χ0n) is 6.58. The Hall–Kier alpha value is -1.56. The van der Waals surface area contributed by atoms with Crippen molar-refractivity contribution in [2.45, 2.75) is 19.3 Å². The summed E-state index contributed by atoms with van der Waals surface area (Å²) in [5.74, 6) is -0.785. The summed E-state index contributed by atoms with van der Waals surface area (Å²) in [5.41, 5.74) is 1.68. The number of aliphatic carboxylic acids is 1. The number of nitrogens with zero attached hydrogens (tertiary/aromatic N) is 1. The molecule has 3 nitrogen and oxygen atoms in total. The third kappa shape index (κ3) is 2.24. The molecular formula is C9H9NO2. The number of carboxylic acid groups (broad SMARTS) is 1. The molecule has 62 valence electrons. The van der Waals surface area contributed by atoms with Gasteiger partial charge in [0.05, 0.1) is 6.57 Å². The second-order valence-electron chi connectivity index (χ2n) is 2.64. The van der Waals surface area contributed by atoms with Crippen molar-refractivity contribution < 1.29 is 9.90 Å². The molecule has 0 aromatic heterocycles. The van der Waals surface area contributed by atoms with E-state index in [1.54, 1.807) is 6.08 Å². The molecule has 0 aromatic rings. The third-order valence-corrected chi connectivity index (χ3v) is 1.71. The molecule has 12 heavy (non-hydrogen) atoms. The maximum Gasteiger partial charge on any atom is 0.303 e. The van der Waals surface area contributed by atoms with Gasteiger partial charge in [0, 0.05) is 6.42 Å². The van der Waals surface area contributed by atoms with E-state index < -0.39 is 5.97 Å². The molecule has 0 aliphatic heterocycles. The zero-order chi connectivity index (χ0) is 8.97. The Bertz CT molecular complexity index is 294. The Labute approximate surface area is 70.8 Å². The first-order valence-corrected chi connectivity index (χ1v) is 3.71. The zero-order valence-corrected chi connectivity index (χ0v) is 6.58. The van der Waals surface area contributed by atoms with Gasteiger partial charge in [-0.25, -0.2) is 4.85 Å². The number of hydrogen-bond donors (Lipinski definition) is 1. The highest BCUT2D eigenvalue weighted by molar-refractivity contribution is 5.67. The van der Waals surface area contributed by atoms with Gasteiger partial charge >= 0.3 is 5.97 Å². The lowest BCUT2D eigenvalue weighted by Crippen LogP contribution is -1.94. The van der Waals surface area contributed by atoms with Crippen molar-refractivity contribution in [3.8, 4) is 0 Å². The lowest BCUT2D eigenvalue weighted by molar-refractivity contribution is -0.136. The molecular weight excluding hydrogens is 154 g/mol. The fraction of sp³-hybridized carbons (Fsp3) is 0.333. The molecule has 0 spiro atoms. The predicted octanol–water partition coefficient (Wildman–Crippen LogP) is 1.98. The summed E-state index contributed by atoms with van der Waals surface area (Å²) < 4.78 is 0. The van der Waals surface area contributed by atoms with Crippen LogP contribution in [0.1, 0.15) is 19.3 Å². The summed E-state index contributed by atoms with van der Waals surface area (Å²) >= 11 is 0. The minimum atomic E-state index is -0.785. The average molecular weight is 163 g/mol. The Morgan fingerprint density at radius 1 is 1.75 bits per heavy atom. The van der Waals surface area contributed by atoms with Crippen LogP contribution in [-0.2, 0) is 4.79 Å². The highest BCUT2D eigenvalue weighted by Crippen LogP contribution is 2.21. The topological polar surface area (TPSA) is 41.7 Å². The van der Waals surface area contributed by atoms with Gasteiger partial charge in [0.2, 0.25) is 0 Å². The van der Waals surface area contributed by atoms with Gasteiger partial charge in [-0.2, -0.15) is 0 Å². The summed E-state index contributed by atoms with van der Waals surface area (Å²) in [6, 6.07) is 0. The maximum absolute atomic E-state index is 10.2. The molecule has 0 aromatic carbocycles. The van der Waals surface area contributed by atoms with Crippen LogP contribution in [0.25, 0.3) is 4.85 Å². The minimum absolute atomic E-state index is 0.158. The number of allylic oxidation sites excluding steroid dienone is 3. The molecule has 0 atom stereocenters. The summed E-state index contributed by atoms with van der Waals surface area (Å²) in [6.45, 7) is 6.70. The van der Waals surface area contributed by atoms with E-state index in [1.807, 2.05) is 6.08 Å². The number of carbonyl (C=O) groups is 1. The van der Waals surface area contributed by atoms with E-state index in [0.717, 1.165) is 12.0 Å². The van der Waals surface area contributed by atoms with Crippen LogP contribution in [0.4, 0.5) is 0 Å². The van der Waals surface area contributed by atoms with E-state index in [-0.39, 0.29) is 6.42 Å². The van der Waals surface area contributed by atoms with E-state index in [9.17, 15) is 4.79 Å². The van der Waals surface area contributed by atoms with Crippen molar-refractivity contribution in [3.05, 3.63) is 34.8 Å². The van der Waals surface area contributed by atoms with Crippen LogP contribution in [0.2, 0.25) is 0 Å². The van der Waals surface area contributed by atoms with Crippen LogP contribution in [0.15, 0.2) is 23.4 Å². The van der Waals surface area contributed by atoms with E-state index in [0.29, 0.717) is 12.1 Å². The van der Waals surface area contributed by atoms with Gasteiger partial charge in [-0.05, 0) is 12.8 Å². The van der Waals surface area contributed by atoms with Gasteiger partial charge in [0.1, 0.15) is 0 Å². The Morgan fingerprint density at radius 3 is 3.00 bits per heavy atom. The molecule has 1 rings (SSSR count). The van der Waals surface area contributed by atoms with E-state index >= 15 is 0 Å². The van der Waals surface area contributed by atoms with Crippen LogP contribution in [0.3, 0.4) is 0 Å². The largest absolute Gasteiger partial charge is 0.481 e. The molecule has 3 heteroatoms. The standard InChI is InChI=1S/C9H9NO2/c1-10-8-4-2-7(6-8)3-5-9(11)12/h4,6H,2-3,5H2,(H,11,12). The summed E-state index contributed by atoms with van der Waals surface area (Å²) in [4.78, 5) is 13.5. The fourth-order valence-electron chi connectivity index (χ4n) is 1.08. The Morgan fingerprint density at radius 2 is 2.50 bits per heavy atom. The molecule has 0 unspecified atom stereocenters. The van der Waals surface area contributed by atoms with Crippen molar-refractivity contribution in [1.29, 1.82) is 0 Å². The molecule has 0 heterocycles. The first-order chi connectivity index (χ1) is 5.72. The van der Waals surface area contributed by atoms with E-state index in [1.165, 1.54) is 0 Å². The highest BCUT2D eigenvalue weighted by atomic mass is 16.4. The van der Waals surface area contributed by atoms with Crippen molar-refractivity contribution in [2.75, 3.05) is 0 Å². The molecule has 0 fully saturated rings. The fourth-order valence-corrected chi connectivity index (χ4v) is 1.08. The number of hydrogen-bond acceptors (Lipinski definition) is 1. The summed E-state index contributed by atoms with van der Waals surface area (Å²) in [6.07, 6.45) is 5.06. The van der Waals surface area contributed by atoms with Crippen LogP contribution >= 0.6 is 0 Å². The van der Waals surface area contributed by atoms with E-state index in [4.69, 9.17) is 11.7 Å². The third-order valence-electron chi connectivity index (χ3n) is 1.71. The van der Waals surface area contributed by atoms with Gasteiger partial charge in [-0.15, -0.1) is 0 Å². The molecule has 1 aliphatic rings. The molecule has 0 saturated heterocycles. The molecule has 0 bridgehead atoms. The highest BCUT2D eigenvalue weighted by Gasteiger charge is 2.07. The quantitative estimate of drug-likeness (QED) is 0.646. The van der Waals surface area contributed by atoms with Crippen molar-refractivity contribution >= 4 is 5.97 Å². The van der Waals surface area contributed by atoms with Gasteiger partial charge in [0.25, 0.3) is 0 Å². The molecule has 0 radical (unpaired) electrons. The first-order valence-electron chi connectivity index (χ1n) is 3.71. The Balaban J connectivity index is 2.40. The lowest BCUT2D eigenvalue weighted by Gasteiger charge is -1.96. The monoisotopic (exact) mass is 163 g/mol. The van der Waals surface area contributed by atoms with Gasteiger partial charge < -0.3 is 5.11 Å². The number of carboxylic acids is 1. The smallest absolute Gasteiger partial charge is 0.303 e. The second kappa shape index (κ2) is 3.72. The van der Waals surface area contributed by atoms with Gasteiger partial charge in [0.15, 0.2) is 5.70 Å². The normalized spacial score (nSPS) is 14.9. The number of rotatable bonds is 3. The second-order valence-corrected chi connectivity index (χ2v) is 2.64. The lowest BCUT2D eigenvalue weighted by atomic mass is 10.1. The molecule has 0 saturated carbocycles. The summed E-state index contributed by atoms with van der Waals surface area (Å²) in [7, 11) is 0. The van der Waals surface area contributed by atoms with Gasteiger partial charge in [-0.1, -0.05) is 17.7 Å². The Kier molecular flexibility index (Phi) is 2.65. The SMILES string of the molecule is [C-]#[N+]C1=CCC(CCC(=O)O)=C1. The predicted molar refractivity (Wildman–Crippen MR) is 44.3 cm³/mol. The van der Waals surface area contributed by atoms with Crippen LogP contribution in [0, 0.1) is 6.57 Å². The van der Waals surface area contributed by atoms with Crippen molar-refractivity contribution in [1.82, 2.24) is 0 Å². The summed E-state index contributed by atoms with van der Waals surface area (Å²) in [5, 5.41) is 8.39. The van der Waals surface area contributed by atoms with E-state index in [2.05, 4.69) is 4.85 Å². The maximum atomic E-state index is 10.2. The molecule has 1 aliphatic carbocycles. The first kappa shape index (κ1) is 8.54. The minimum Gasteiger partial charge on any atom is -0.481 e. The van der Waals surface area contributed by atoms with Crippen molar-refractivity contribution in [3.63, 3.8) is 0 Å². The van der Waals surface area contributed by atoms with Crippen LogP contribution < -0.4 is 0 Å².